The number of aromatic amines is 1. The molecule has 2 aliphatic rings. The zero-order valence-electron chi connectivity index (χ0n) is 13.5. The fourth-order valence-electron chi connectivity index (χ4n) is 3.59. The van der Waals surface area contributed by atoms with Gasteiger partial charge in [0.15, 0.2) is 0 Å². The van der Waals surface area contributed by atoms with E-state index in [1.54, 1.807) is 0 Å². The summed E-state index contributed by atoms with van der Waals surface area (Å²) in [6, 6.07) is 7.56. The molecule has 1 aliphatic carbocycles. The Hall–Kier alpha value is -2.93. The number of nitrogens with two attached hydrogens (primary N) is 1. The molecule has 0 spiro atoms. The van der Waals surface area contributed by atoms with E-state index in [0.717, 1.165) is 28.9 Å². The zero-order valence-corrected chi connectivity index (χ0v) is 13.5. The van der Waals surface area contributed by atoms with Gasteiger partial charge in [0.25, 0.3) is 0 Å². The molecular weight excluding hydrogens is 298 g/mol. The van der Waals surface area contributed by atoms with Crippen molar-refractivity contribution in [3.63, 3.8) is 0 Å². The molecule has 1 aromatic carbocycles. The van der Waals surface area contributed by atoms with Crippen molar-refractivity contribution in [2.75, 3.05) is 12.3 Å². The minimum Gasteiger partial charge on any atom is -0.399 e. The Kier molecular flexibility index (Phi) is 3.42. The number of carbonyl (C=O) groups is 1. The van der Waals surface area contributed by atoms with Gasteiger partial charge in [0.1, 0.15) is 0 Å². The molecule has 0 saturated carbocycles. The van der Waals surface area contributed by atoms with Gasteiger partial charge in [-0.25, -0.2) is 0 Å². The molecule has 1 amide bonds. The zero-order chi connectivity index (χ0) is 16.7. The Labute approximate surface area is 141 Å². The Morgan fingerprint density at radius 2 is 2.17 bits per heavy atom. The van der Waals surface area contributed by atoms with E-state index < -0.39 is 0 Å². The second kappa shape index (κ2) is 5.61. The van der Waals surface area contributed by atoms with E-state index in [4.69, 9.17) is 5.73 Å². The number of aromatic nitrogens is 1. The monoisotopic (exact) mass is 317 g/mol. The van der Waals surface area contributed by atoms with Crippen LogP contribution < -0.4 is 11.1 Å². The van der Waals surface area contributed by atoms with E-state index in [0.29, 0.717) is 12.2 Å². The number of H-pyrrole nitrogens is 1. The molecule has 2 atom stereocenters. The lowest BCUT2D eigenvalue weighted by Crippen LogP contribution is -2.32. The van der Waals surface area contributed by atoms with Gasteiger partial charge in [-0.2, -0.15) is 0 Å². The van der Waals surface area contributed by atoms with E-state index in [9.17, 15) is 4.79 Å². The molecule has 0 fully saturated rings. The number of amides is 1. The lowest BCUT2D eigenvalue weighted by atomic mass is 9.80. The highest BCUT2D eigenvalue weighted by molar-refractivity contribution is 5.88. The molecule has 2 aromatic rings. The Bertz CT molecular complexity index is 911. The molecule has 4 nitrogen and oxygen atoms in total. The Morgan fingerprint density at radius 3 is 3.00 bits per heavy atom. The number of carbonyl (C=O) groups excluding carboxylic acids is 1. The maximum Gasteiger partial charge on any atom is 0.228 e. The Balaban J connectivity index is 1.81. The first-order valence-electron chi connectivity index (χ1n) is 8.21. The molecule has 24 heavy (non-hydrogen) atoms. The third-order valence-corrected chi connectivity index (χ3v) is 4.76. The standard InChI is InChI=1S/C20H19N3O/c1-12-5-7-17-19-15(9-10-22-20(24)18(12)19)16(23-17)8-6-13-3-2-4-14(21)11-13/h2-5,7,11-12,18,23H,9-10,21H2,1H3,(H,22,24). The SMILES string of the molecule is CC1C=Cc2[nH]c(C#Cc3cccc(N)c3)c3c2C1C(=O)NCC3. The summed E-state index contributed by atoms with van der Waals surface area (Å²) >= 11 is 0. The van der Waals surface area contributed by atoms with Crippen molar-refractivity contribution in [1.29, 1.82) is 0 Å². The van der Waals surface area contributed by atoms with Crippen molar-refractivity contribution in [2.45, 2.75) is 19.3 Å². The predicted octanol–water partition coefficient (Wildman–Crippen LogP) is 2.42. The Morgan fingerprint density at radius 1 is 1.29 bits per heavy atom. The molecule has 1 aromatic heterocycles. The summed E-state index contributed by atoms with van der Waals surface area (Å²) in [5.41, 5.74) is 11.6. The lowest BCUT2D eigenvalue weighted by molar-refractivity contribution is -0.123. The van der Waals surface area contributed by atoms with Crippen LogP contribution in [-0.4, -0.2) is 17.4 Å². The fraction of sp³-hybridized carbons (Fsp3) is 0.250. The summed E-state index contributed by atoms with van der Waals surface area (Å²) in [6.07, 6.45) is 4.97. The van der Waals surface area contributed by atoms with Crippen molar-refractivity contribution in [1.82, 2.24) is 10.3 Å². The molecule has 4 heteroatoms. The van der Waals surface area contributed by atoms with Gasteiger partial charge >= 0.3 is 0 Å². The number of benzene rings is 1. The molecule has 2 unspecified atom stereocenters. The van der Waals surface area contributed by atoms with Crippen molar-refractivity contribution in [3.05, 3.63) is 58.4 Å². The highest BCUT2D eigenvalue weighted by Crippen LogP contribution is 2.39. The summed E-state index contributed by atoms with van der Waals surface area (Å²) < 4.78 is 0. The van der Waals surface area contributed by atoms with Gasteiger partial charge in [0.2, 0.25) is 5.91 Å². The van der Waals surface area contributed by atoms with Crippen LogP contribution in [0.5, 0.6) is 0 Å². The van der Waals surface area contributed by atoms with Crippen LogP contribution in [0.15, 0.2) is 30.3 Å². The van der Waals surface area contributed by atoms with Crippen LogP contribution in [0.4, 0.5) is 5.69 Å². The van der Waals surface area contributed by atoms with Crippen LogP contribution in [0.2, 0.25) is 0 Å². The van der Waals surface area contributed by atoms with Crippen LogP contribution in [0.25, 0.3) is 6.08 Å². The quantitative estimate of drug-likeness (QED) is 0.516. The van der Waals surface area contributed by atoms with Gasteiger partial charge in [-0.1, -0.05) is 25.0 Å². The number of allylic oxidation sites excluding steroid dienone is 1. The summed E-state index contributed by atoms with van der Waals surface area (Å²) in [5.74, 6) is 6.60. The third kappa shape index (κ3) is 2.39. The van der Waals surface area contributed by atoms with Gasteiger partial charge in [0.05, 0.1) is 11.6 Å². The average molecular weight is 317 g/mol. The molecule has 4 rings (SSSR count). The first-order chi connectivity index (χ1) is 11.6. The first-order valence-corrected chi connectivity index (χ1v) is 8.21. The molecule has 1 aliphatic heterocycles. The van der Waals surface area contributed by atoms with Gasteiger partial charge in [0, 0.05) is 23.5 Å². The second-order valence-electron chi connectivity index (χ2n) is 6.42. The van der Waals surface area contributed by atoms with E-state index >= 15 is 0 Å². The average Bonchev–Trinajstić information content (AvgIpc) is 2.80. The number of nitrogen functional groups attached to an aromatic ring is 1. The van der Waals surface area contributed by atoms with Gasteiger partial charge in [-0.3, -0.25) is 4.79 Å². The predicted molar refractivity (Wildman–Crippen MR) is 95.3 cm³/mol. The number of anilines is 1. The van der Waals surface area contributed by atoms with E-state index in [-0.39, 0.29) is 17.7 Å². The highest BCUT2D eigenvalue weighted by atomic mass is 16.1. The van der Waals surface area contributed by atoms with E-state index in [1.807, 2.05) is 24.3 Å². The topological polar surface area (TPSA) is 70.9 Å². The van der Waals surface area contributed by atoms with E-state index in [1.165, 1.54) is 5.56 Å². The highest BCUT2D eigenvalue weighted by Gasteiger charge is 2.35. The molecular formula is C20H19N3O. The maximum atomic E-state index is 12.4. The van der Waals surface area contributed by atoms with Crippen molar-refractivity contribution in [3.8, 4) is 11.8 Å². The molecule has 4 N–H and O–H groups in total. The first kappa shape index (κ1) is 14.6. The molecule has 2 heterocycles. The summed E-state index contributed by atoms with van der Waals surface area (Å²) in [6.45, 7) is 2.74. The van der Waals surface area contributed by atoms with Gasteiger partial charge in [-0.15, -0.1) is 0 Å². The molecule has 0 saturated heterocycles. The van der Waals surface area contributed by atoms with Gasteiger partial charge in [-0.05, 0) is 53.7 Å². The largest absolute Gasteiger partial charge is 0.399 e. The number of rotatable bonds is 0. The van der Waals surface area contributed by atoms with Gasteiger partial charge < -0.3 is 16.0 Å². The van der Waals surface area contributed by atoms with Crippen molar-refractivity contribution < 1.29 is 4.79 Å². The van der Waals surface area contributed by atoms with Crippen LogP contribution in [0.3, 0.4) is 0 Å². The normalized spacial score (nSPS) is 21.3. The molecule has 120 valence electrons. The van der Waals surface area contributed by atoms with Crippen LogP contribution in [-0.2, 0) is 11.2 Å². The fourth-order valence-corrected chi connectivity index (χ4v) is 3.59. The minimum absolute atomic E-state index is 0.112. The number of nitrogens with one attached hydrogen (secondary N) is 2. The van der Waals surface area contributed by atoms with Crippen molar-refractivity contribution in [2.24, 2.45) is 5.92 Å². The summed E-state index contributed by atoms with van der Waals surface area (Å²) in [7, 11) is 0. The number of hydrogen-bond acceptors (Lipinski definition) is 2. The summed E-state index contributed by atoms with van der Waals surface area (Å²) in [5, 5.41) is 3.03. The van der Waals surface area contributed by atoms with Crippen LogP contribution in [0, 0.1) is 17.8 Å². The third-order valence-electron chi connectivity index (χ3n) is 4.76. The molecule has 0 bridgehead atoms. The smallest absolute Gasteiger partial charge is 0.228 e. The lowest BCUT2D eigenvalue weighted by Gasteiger charge is -2.23. The number of hydrogen-bond donors (Lipinski definition) is 3. The van der Waals surface area contributed by atoms with Crippen LogP contribution >= 0.6 is 0 Å². The van der Waals surface area contributed by atoms with E-state index in [2.05, 4.69) is 41.2 Å². The maximum absolute atomic E-state index is 12.4. The summed E-state index contributed by atoms with van der Waals surface area (Å²) in [4.78, 5) is 15.8. The van der Waals surface area contributed by atoms with Crippen molar-refractivity contribution >= 4 is 17.7 Å². The van der Waals surface area contributed by atoms with Crippen LogP contribution in [0.1, 0.15) is 40.9 Å². The second-order valence-corrected chi connectivity index (χ2v) is 6.42. The molecule has 0 radical (unpaired) electrons. The minimum atomic E-state index is -0.123.